The van der Waals surface area contributed by atoms with E-state index >= 15 is 0 Å². The molecular formula is C15H20OS. The Morgan fingerprint density at radius 2 is 2.06 bits per heavy atom. The Hall–Kier alpha value is -0.860. The zero-order chi connectivity index (χ0) is 12.1. The van der Waals surface area contributed by atoms with Crippen LogP contribution in [-0.2, 0) is 6.42 Å². The van der Waals surface area contributed by atoms with Crippen LogP contribution in [0.2, 0.25) is 0 Å². The third kappa shape index (κ3) is 3.30. The molecule has 0 amide bonds. The molecule has 1 nitrogen and oxygen atoms in total. The normalized spacial score (nSPS) is 13.1. The lowest BCUT2D eigenvalue weighted by atomic mass is 10.0. The highest BCUT2D eigenvalue weighted by atomic mass is 32.1. The van der Waals surface area contributed by atoms with Crippen molar-refractivity contribution in [2.24, 2.45) is 0 Å². The number of rotatable bonds is 6. The van der Waals surface area contributed by atoms with Crippen molar-refractivity contribution < 1.29 is 5.11 Å². The number of aryl methyl sites for hydroxylation is 1. The van der Waals surface area contributed by atoms with E-state index < -0.39 is 0 Å². The van der Waals surface area contributed by atoms with Gasteiger partial charge in [0.2, 0.25) is 0 Å². The standard InChI is InChI=1S/C15H20OS/c1-2-6-13(16)8-5-7-12-11-17-15-10-4-3-9-14(12)15/h3-4,9-11,13,16H,2,5-8H2,1H3. The SMILES string of the molecule is CCCC(O)CCCc1csc2ccccc12. The number of aliphatic hydroxyl groups excluding tert-OH is 1. The quantitative estimate of drug-likeness (QED) is 0.804. The largest absolute Gasteiger partial charge is 0.393 e. The molecule has 2 heteroatoms. The number of thiophene rings is 1. The average Bonchev–Trinajstić information content (AvgIpc) is 2.73. The lowest BCUT2D eigenvalue weighted by Gasteiger charge is -2.08. The van der Waals surface area contributed by atoms with E-state index in [0.717, 1.165) is 32.1 Å². The summed E-state index contributed by atoms with van der Waals surface area (Å²) in [5, 5.41) is 13.3. The highest BCUT2D eigenvalue weighted by molar-refractivity contribution is 7.17. The summed E-state index contributed by atoms with van der Waals surface area (Å²) in [5.41, 5.74) is 1.44. The molecule has 2 aromatic rings. The Balaban J connectivity index is 1.91. The van der Waals surface area contributed by atoms with Crippen LogP contribution in [0.5, 0.6) is 0 Å². The molecular weight excluding hydrogens is 228 g/mol. The van der Waals surface area contributed by atoms with Crippen LogP contribution in [0.1, 0.15) is 38.2 Å². The first-order chi connectivity index (χ1) is 8.31. The van der Waals surface area contributed by atoms with Crippen molar-refractivity contribution in [3.05, 3.63) is 35.2 Å². The zero-order valence-corrected chi connectivity index (χ0v) is 11.2. The van der Waals surface area contributed by atoms with Gasteiger partial charge in [-0.3, -0.25) is 0 Å². The number of benzene rings is 1. The van der Waals surface area contributed by atoms with Gasteiger partial charge in [-0.25, -0.2) is 0 Å². The molecule has 0 aliphatic rings. The molecule has 1 atom stereocenters. The molecule has 0 aliphatic carbocycles. The van der Waals surface area contributed by atoms with Crippen molar-refractivity contribution in [3.8, 4) is 0 Å². The molecule has 0 fully saturated rings. The van der Waals surface area contributed by atoms with Crippen molar-refractivity contribution >= 4 is 21.4 Å². The smallest absolute Gasteiger partial charge is 0.0540 e. The number of hydrogen-bond donors (Lipinski definition) is 1. The van der Waals surface area contributed by atoms with E-state index in [2.05, 4.69) is 36.6 Å². The first kappa shape index (κ1) is 12.6. The molecule has 0 aliphatic heterocycles. The van der Waals surface area contributed by atoms with E-state index in [4.69, 9.17) is 0 Å². The van der Waals surface area contributed by atoms with Gasteiger partial charge >= 0.3 is 0 Å². The van der Waals surface area contributed by atoms with Crippen LogP contribution in [0.4, 0.5) is 0 Å². The molecule has 1 unspecified atom stereocenters. The lowest BCUT2D eigenvalue weighted by molar-refractivity contribution is 0.151. The van der Waals surface area contributed by atoms with Gasteiger partial charge in [-0.05, 0) is 48.1 Å². The van der Waals surface area contributed by atoms with Crippen molar-refractivity contribution in [2.45, 2.75) is 45.1 Å². The van der Waals surface area contributed by atoms with Gasteiger partial charge in [0.25, 0.3) is 0 Å². The summed E-state index contributed by atoms with van der Waals surface area (Å²) in [5.74, 6) is 0. The number of hydrogen-bond acceptors (Lipinski definition) is 2. The summed E-state index contributed by atoms with van der Waals surface area (Å²) >= 11 is 1.82. The lowest BCUT2D eigenvalue weighted by Crippen LogP contribution is -2.05. The first-order valence-electron chi connectivity index (χ1n) is 6.44. The van der Waals surface area contributed by atoms with E-state index in [1.54, 1.807) is 0 Å². The summed E-state index contributed by atoms with van der Waals surface area (Å²) < 4.78 is 1.37. The Labute approximate surface area is 107 Å². The monoisotopic (exact) mass is 248 g/mol. The molecule has 17 heavy (non-hydrogen) atoms. The minimum atomic E-state index is -0.107. The maximum Gasteiger partial charge on any atom is 0.0540 e. The highest BCUT2D eigenvalue weighted by Crippen LogP contribution is 2.26. The number of fused-ring (bicyclic) bond motifs is 1. The highest BCUT2D eigenvalue weighted by Gasteiger charge is 2.05. The van der Waals surface area contributed by atoms with Gasteiger partial charge in [-0.1, -0.05) is 31.5 Å². The minimum absolute atomic E-state index is 0.107. The van der Waals surface area contributed by atoms with Crippen LogP contribution in [0.15, 0.2) is 29.6 Å². The molecule has 0 saturated heterocycles. The fraction of sp³-hybridized carbons (Fsp3) is 0.467. The van der Waals surface area contributed by atoms with Crippen LogP contribution in [0, 0.1) is 0 Å². The summed E-state index contributed by atoms with van der Waals surface area (Å²) in [4.78, 5) is 0. The van der Waals surface area contributed by atoms with Gasteiger partial charge < -0.3 is 5.11 Å². The Morgan fingerprint density at radius 3 is 2.88 bits per heavy atom. The van der Waals surface area contributed by atoms with E-state index in [1.807, 2.05) is 11.3 Å². The third-order valence-corrected chi connectivity index (χ3v) is 4.18. The summed E-state index contributed by atoms with van der Waals surface area (Å²) in [7, 11) is 0. The van der Waals surface area contributed by atoms with Crippen LogP contribution < -0.4 is 0 Å². The zero-order valence-electron chi connectivity index (χ0n) is 10.4. The van der Waals surface area contributed by atoms with Gasteiger partial charge in [0, 0.05) is 4.70 Å². The van der Waals surface area contributed by atoms with Gasteiger partial charge in [-0.15, -0.1) is 11.3 Å². The Bertz CT molecular complexity index is 461. The molecule has 0 bridgehead atoms. The third-order valence-electron chi connectivity index (χ3n) is 3.17. The van der Waals surface area contributed by atoms with Crippen molar-refractivity contribution in [2.75, 3.05) is 0 Å². The minimum Gasteiger partial charge on any atom is -0.393 e. The molecule has 0 saturated carbocycles. The predicted octanol–water partition coefficient (Wildman–Crippen LogP) is 4.39. The van der Waals surface area contributed by atoms with Crippen LogP contribution in [0.25, 0.3) is 10.1 Å². The van der Waals surface area contributed by atoms with E-state index in [-0.39, 0.29) is 6.10 Å². The fourth-order valence-corrected chi connectivity index (χ4v) is 3.23. The summed E-state index contributed by atoms with van der Waals surface area (Å²) in [6, 6.07) is 8.57. The molecule has 0 spiro atoms. The fourth-order valence-electron chi connectivity index (χ4n) is 2.23. The predicted molar refractivity (Wildman–Crippen MR) is 75.7 cm³/mol. The van der Waals surface area contributed by atoms with Crippen LogP contribution in [0.3, 0.4) is 0 Å². The van der Waals surface area contributed by atoms with Gasteiger partial charge in [0.1, 0.15) is 0 Å². The molecule has 1 N–H and O–H groups in total. The molecule has 1 aromatic heterocycles. The Kier molecular flexibility index (Phi) is 4.57. The van der Waals surface area contributed by atoms with E-state index in [9.17, 15) is 5.11 Å². The van der Waals surface area contributed by atoms with Crippen molar-refractivity contribution in [3.63, 3.8) is 0 Å². The molecule has 1 heterocycles. The molecule has 2 rings (SSSR count). The maximum atomic E-state index is 9.69. The topological polar surface area (TPSA) is 20.2 Å². The van der Waals surface area contributed by atoms with Crippen molar-refractivity contribution in [1.29, 1.82) is 0 Å². The molecule has 92 valence electrons. The van der Waals surface area contributed by atoms with Gasteiger partial charge in [0.15, 0.2) is 0 Å². The molecule has 1 aromatic carbocycles. The first-order valence-corrected chi connectivity index (χ1v) is 7.32. The second-order valence-electron chi connectivity index (χ2n) is 4.59. The molecule has 0 radical (unpaired) electrons. The summed E-state index contributed by atoms with van der Waals surface area (Å²) in [6.45, 7) is 2.12. The van der Waals surface area contributed by atoms with E-state index in [1.165, 1.54) is 15.6 Å². The Morgan fingerprint density at radius 1 is 1.24 bits per heavy atom. The second-order valence-corrected chi connectivity index (χ2v) is 5.50. The van der Waals surface area contributed by atoms with Crippen LogP contribution in [-0.4, -0.2) is 11.2 Å². The van der Waals surface area contributed by atoms with Gasteiger partial charge in [-0.2, -0.15) is 0 Å². The average molecular weight is 248 g/mol. The van der Waals surface area contributed by atoms with Crippen LogP contribution >= 0.6 is 11.3 Å². The second kappa shape index (κ2) is 6.18. The number of aliphatic hydroxyl groups is 1. The van der Waals surface area contributed by atoms with E-state index in [0.29, 0.717) is 0 Å². The van der Waals surface area contributed by atoms with Crippen molar-refractivity contribution in [1.82, 2.24) is 0 Å². The van der Waals surface area contributed by atoms with Gasteiger partial charge in [0.05, 0.1) is 6.10 Å². The maximum absolute atomic E-state index is 9.69. The summed E-state index contributed by atoms with van der Waals surface area (Å²) in [6.07, 6.45) is 5.00.